The molecule has 10 heteroatoms. The molecular formula is C24H14ClF3N4O2. The van der Waals surface area contributed by atoms with Gasteiger partial charge >= 0.3 is 6.18 Å². The van der Waals surface area contributed by atoms with Crippen molar-refractivity contribution < 1.29 is 22.5 Å². The molecule has 0 saturated carbocycles. The molecule has 34 heavy (non-hydrogen) atoms. The third-order valence-corrected chi connectivity index (χ3v) is 5.53. The van der Waals surface area contributed by atoms with Gasteiger partial charge in [0, 0.05) is 40.4 Å². The number of nitrogens with zero attached hydrogens (tertiary/aromatic N) is 4. The van der Waals surface area contributed by atoms with Crippen LogP contribution in [-0.4, -0.2) is 25.5 Å². The number of pyridine rings is 1. The molecule has 0 fully saturated rings. The van der Waals surface area contributed by atoms with Gasteiger partial charge in [-0.25, -0.2) is 0 Å². The summed E-state index contributed by atoms with van der Waals surface area (Å²) in [6.07, 6.45) is -1.83. The second kappa shape index (κ2) is 8.42. The first-order valence-electron chi connectivity index (χ1n) is 10.0. The van der Waals surface area contributed by atoms with Crippen LogP contribution in [0, 0.1) is 0 Å². The molecule has 5 rings (SSSR count). The van der Waals surface area contributed by atoms with E-state index >= 15 is 0 Å². The fraction of sp³-hybridized carbons (Fsp3) is 0.0833. The summed E-state index contributed by atoms with van der Waals surface area (Å²) >= 11 is 5.92. The standard InChI is InChI=1S/C24H14ClF3N4O2/c25-16-7-5-14(6-8-16)13-32-18-4-2-1-3-17(18)19(21(32)24(26,27)28)20(33)23-30-22(31-34-23)15-9-11-29-12-10-15/h1-12H,13H2. The van der Waals surface area contributed by atoms with Gasteiger partial charge in [0.25, 0.3) is 11.7 Å². The SMILES string of the molecule is O=C(c1nc(-c2ccncc2)no1)c1c(C(F)(F)F)n(Cc2ccc(Cl)cc2)c2ccccc12. The number of alkyl halides is 3. The van der Waals surface area contributed by atoms with Gasteiger partial charge < -0.3 is 9.09 Å². The van der Waals surface area contributed by atoms with Gasteiger partial charge in [-0.2, -0.15) is 18.2 Å². The van der Waals surface area contributed by atoms with Crippen LogP contribution < -0.4 is 0 Å². The van der Waals surface area contributed by atoms with E-state index in [2.05, 4.69) is 15.1 Å². The molecule has 6 nitrogen and oxygen atoms in total. The van der Waals surface area contributed by atoms with E-state index in [9.17, 15) is 18.0 Å². The molecule has 0 spiro atoms. The number of halogens is 4. The molecule has 0 aliphatic rings. The third-order valence-electron chi connectivity index (χ3n) is 5.28. The molecule has 0 bridgehead atoms. The minimum absolute atomic E-state index is 0.0733. The number of rotatable bonds is 5. The van der Waals surface area contributed by atoms with Crippen LogP contribution in [-0.2, 0) is 12.7 Å². The lowest BCUT2D eigenvalue weighted by molar-refractivity contribution is -0.143. The predicted octanol–water partition coefficient (Wildman–Crippen LogP) is 6.04. The van der Waals surface area contributed by atoms with Crippen molar-refractivity contribution >= 4 is 28.3 Å². The van der Waals surface area contributed by atoms with Gasteiger partial charge in [-0.3, -0.25) is 9.78 Å². The number of fused-ring (bicyclic) bond motifs is 1. The zero-order valence-corrected chi connectivity index (χ0v) is 18.0. The highest BCUT2D eigenvalue weighted by Gasteiger charge is 2.42. The lowest BCUT2D eigenvalue weighted by Gasteiger charge is -2.14. The van der Waals surface area contributed by atoms with Gasteiger partial charge in [-0.15, -0.1) is 0 Å². The molecule has 0 N–H and O–H groups in total. The molecule has 0 aliphatic heterocycles. The first-order valence-corrected chi connectivity index (χ1v) is 10.4. The number of carbonyl (C=O) groups excluding carboxylic acids is 1. The van der Waals surface area contributed by atoms with Crippen LogP contribution in [0.25, 0.3) is 22.3 Å². The summed E-state index contributed by atoms with van der Waals surface area (Å²) in [6.45, 7) is -0.119. The normalized spacial score (nSPS) is 11.8. The van der Waals surface area contributed by atoms with E-state index in [0.29, 0.717) is 16.1 Å². The number of ketones is 1. The van der Waals surface area contributed by atoms with Gasteiger partial charge in [-0.05, 0) is 35.9 Å². The Morgan fingerprint density at radius 3 is 2.41 bits per heavy atom. The summed E-state index contributed by atoms with van der Waals surface area (Å²) in [7, 11) is 0. The molecule has 0 unspecified atom stereocenters. The van der Waals surface area contributed by atoms with Crippen LogP contribution in [0.4, 0.5) is 13.2 Å². The molecular weight excluding hydrogens is 469 g/mol. The maximum atomic E-state index is 14.4. The molecule has 170 valence electrons. The topological polar surface area (TPSA) is 73.8 Å². The Labute approximate surface area is 195 Å². The Hall–Kier alpha value is -3.98. The Balaban J connectivity index is 1.67. The summed E-state index contributed by atoms with van der Waals surface area (Å²) in [5.74, 6) is -1.47. The highest BCUT2D eigenvalue weighted by atomic mass is 35.5. The van der Waals surface area contributed by atoms with E-state index in [-0.39, 0.29) is 23.3 Å². The van der Waals surface area contributed by atoms with Crippen LogP contribution in [0.5, 0.6) is 0 Å². The zero-order valence-electron chi connectivity index (χ0n) is 17.3. The Morgan fingerprint density at radius 2 is 1.71 bits per heavy atom. The minimum Gasteiger partial charge on any atom is -0.332 e. The highest BCUT2D eigenvalue weighted by Crippen LogP contribution is 2.39. The molecule has 3 heterocycles. The first-order chi connectivity index (χ1) is 16.3. The van der Waals surface area contributed by atoms with E-state index in [4.69, 9.17) is 16.1 Å². The van der Waals surface area contributed by atoms with Crippen molar-refractivity contribution in [2.45, 2.75) is 12.7 Å². The average Bonchev–Trinajstić information content (AvgIpc) is 3.44. The summed E-state index contributed by atoms with van der Waals surface area (Å²) < 4.78 is 49.3. The number of para-hydroxylation sites is 1. The van der Waals surface area contributed by atoms with E-state index in [1.807, 2.05) is 0 Å². The Kier molecular flexibility index (Phi) is 5.41. The van der Waals surface area contributed by atoms with E-state index < -0.39 is 29.1 Å². The monoisotopic (exact) mass is 482 g/mol. The number of carbonyl (C=O) groups is 1. The number of hydrogen-bond acceptors (Lipinski definition) is 5. The smallest absolute Gasteiger partial charge is 0.332 e. The van der Waals surface area contributed by atoms with Crippen molar-refractivity contribution in [3.63, 3.8) is 0 Å². The van der Waals surface area contributed by atoms with Gasteiger partial charge in [0.2, 0.25) is 5.82 Å². The van der Waals surface area contributed by atoms with Crippen molar-refractivity contribution in [3.05, 3.63) is 101 Å². The Bertz CT molecular complexity index is 1490. The van der Waals surface area contributed by atoms with Gasteiger partial charge in [0.1, 0.15) is 5.69 Å². The maximum absolute atomic E-state index is 14.4. The lowest BCUT2D eigenvalue weighted by Crippen LogP contribution is -2.18. The molecule has 0 aliphatic carbocycles. The number of aromatic nitrogens is 4. The molecule has 0 atom stereocenters. The van der Waals surface area contributed by atoms with Crippen LogP contribution >= 0.6 is 11.6 Å². The van der Waals surface area contributed by atoms with Crippen LogP contribution in [0.3, 0.4) is 0 Å². The second-order valence-electron chi connectivity index (χ2n) is 7.44. The minimum atomic E-state index is -4.83. The Morgan fingerprint density at radius 1 is 1.00 bits per heavy atom. The van der Waals surface area contributed by atoms with Gasteiger partial charge in [-0.1, -0.05) is 47.1 Å². The lowest BCUT2D eigenvalue weighted by atomic mass is 10.1. The molecule has 0 saturated heterocycles. The summed E-state index contributed by atoms with van der Waals surface area (Å²) in [4.78, 5) is 21.3. The van der Waals surface area contributed by atoms with E-state index in [1.165, 1.54) is 24.5 Å². The highest BCUT2D eigenvalue weighted by molar-refractivity contribution is 6.30. The molecule has 5 aromatic rings. The average molecular weight is 483 g/mol. The summed E-state index contributed by atoms with van der Waals surface area (Å²) in [5, 5.41) is 4.36. The quantitative estimate of drug-likeness (QED) is 0.286. The van der Waals surface area contributed by atoms with Crippen molar-refractivity contribution in [1.82, 2.24) is 19.7 Å². The van der Waals surface area contributed by atoms with Crippen molar-refractivity contribution in [2.75, 3.05) is 0 Å². The molecule has 0 amide bonds. The fourth-order valence-electron chi connectivity index (χ4n) is 3.81. The van der Waals surface area contributed by atoms with Crippen LogP contribution in [0.1, 0.15) is 27.5 Å². The number of hydrogen-bond donors (Lipinski definition) is 0. The van der Waals surface area contributed by atoms with Crippen LogP contribution in [0.15, 0.2) is 77.6 Å². The summed E-state index contributed by atoms with van der Waals surface area (Å²) in [5.41, 5.74) is -0.271. The largest absolute Gasteiger partial charge is 0.432 e. The third kappa shape index (κ3) is 3.94. The second-order valence-corrected chi connectivity index (χ2v) is 7.88. The van der Waals surface area contributed by atoms with Gasteiger partial charge in [0.05, 0.1) is 5.56 Å². The summed E-state index contributed by atoms with van der Waals surface area (Å²) in [6, 6.07) is 15.9. The maximum Gasteiger partial charge on any atom is 0.432 e. The zero-order chi connectivity index (χ0) is 23.9. The van der Waals surface area contributed by atoms with Gasteiger partial charge in [0.15, 0.2) is 0 Å². The van der Waals surface area contributed by atoms with Crippen molar-refractivity contribution in [2.24, 2.45) is 0 Å². The molecule has 2 aromatic carbocycles. The van der Waals surface area contributed by atoms with Crippen molar-refractivity contribution in [1.29, 1.82) is 0 Å². The van der Waals surface area contributed by atoms with E-state index in [0.717, 1.165) is 4.57 Å². The predicted molar refractivity (Wildman–Crippen MR) is 118 cm³/mol. The van der Waals surface area contributed by atoms with Crippen molar-refractivity contribution in [3.8, 4) is 11.4 Å². The first kappa shape index (κ1) is 21.8. The molecule has 3 aromatic heterocycles. The molecule has 0 radical (unpaired) electrons. The van der Waals surface area contributed by atoms with Crippen LogP contribution in [0.2, 0.25) is 5.02 Å². The van der Waals surface area contributed by atoms with E-state index in [1.54, 1.807) is 48.5 Å². The fourth-order valence-corrected chi connectivity index (χ4v) is 3.93. The number of benzene rings is 2.